The van der Waals surface area contributed by atoms with Gasteiger partial charge in [0.05, 0.1) is 11.1 Å². The zero-order chi connectivity index (χ0) is 8.72. The number of carbonyl (C=O) groups is 2. The third kappa shape index (κ3) is 1.15. The number of thioether (sulfide) groups is 2. The van der Waals surface area contributed by atoms with Crippen LogP contribution in [-0.2, 0) is 9.59 Å². The highest BCUT2D eigenvalue weighted by molar-refractivity contribution is 8.15. The van der Waals surface area contributed by atoms with Crippen LogP contribution in [-0.4, -0.2) is 38.8 Å². The Bertz CT molecular complexity index is 244. The molecule has 2 fully saturated rings. The van der Waals surface area contributed by atoms with Crippen LogP contribution < -0.4 is 0 Å². The number of carbonyl (C=O) groups excluding carboxylic acids is 2. The Morgan fingerprint density at radius 2 is 2.25 bits per heavy atom. The van der Waals surface area contributed by atoms with Gasteiger partial charge < -0.3 is 4.90 Å². The minimum absolute atomic E-state index is 0.120. The van der Waals surface area contributed by atoms with Crippen molar-refractivity contribution in [3.63, 3.8) is 0 Å². The molecule has 3 nitrogen and oxygen atoms in total. The Balaban J connectivity index is 2.23. The van der Waals surface area contributed by atoms with Gasteiger partial charge in [0.1, 0.15) is 6.04 Å². The second-order valence-corrected chi connectivity index (χ2v) is 5.25. The van der Waals surface area contributed by atoms with Gasteiger partial charge in [-0.1, -0.05) is 11.8 Å². The van der Waals surface area contributed by atoms with E-state index in [4.69, 9.17) is 0 Å². The summed E-state index contributed by atoms with van der Waals surface area (Å²) in [6.07, 6.45) is 0. The molecule has 0 bridgehead atoms. The lowest BCUT2D eigenvalue weighted by Crippen LogP contribution is -2.49. The molecule has 2 saturated heterocycles. The molecule has 66 valence electrons. The van der Waals surface area contributed by atoms with Crippen molar-refractivity contribution in [1.82, 2.24) is 4.90 Å². The Labute approximate surface area is 79.2 Å². The number of hydrogen-bond donors (Lipinski definition) is 0. The minimum Gasteiger partial charge on any atom is -0.321 e. The first-order chi connectivity index (χ1) is 5.70. The van der Waals surface area contributed by atoms with E-state index in [9.17, 15) is 9.59 Å². The lowest BCUT2D eigenvalue weighted by atomic mass is 10.3. The molecule has 0 aromatic rings. The van der Waals surface area contributed by atoms with Crippen LogP contribution in [0.25, 0.3) is 0 Å². The average Bonchev–Trinajstić information content (AvgIpc) is 2.48. The van der Waals surface area contributed by atoms with Crippen molar-refractivity contribution in [2.24, 2.45) is 0 Å². The van der Waals surface area contributed by atoms with Gasteiger partial charge in [0, 0.05) is 5.75 Å². The van der Waals surface area contributed by atoms with E-state index in [1.807, 2.05) is 0 Å². The van der Waals surface area contributed by atoms with Gasteiger partial charge >= 0.3 is 0 Å². The first-order valence-corrected chi connectivity index (χ1v) is 5.82. The minimum atomic E-state index is -0.174. The molecule has 2 heterocycles. The van der Waals surface area contributed by atoms with Crippen LogP contribution in [0.4, 0.5) is 0 Å². The van der Waals surface area contributed by atoms with Crippen LogP contribution >= 0.6 is 23.5 Å². The van der Waals surface area contributed by atoms with E-state index in [0.29, 0.717) is 5.88 Å². The lowest BCUT2D eigenvalue weighted by molar-refractivity contribution is -0.135. The maximum Gasteiger partial charge on any atom is 0.237 e. The van der Waals surface area contributed by atoms with Crippen molar-refractivity contribution < 1.29 is 9.59 Å². The lowest BCUT2D eigenvalue weighted by Gasteiger charge is -2.30. The molecule has 0 unspecified atom stereocenters. The van der Waals surface area contributed by atoms with Gasteiger partial charge in [0.15, 0.2) is 0 Å². The first kappa shape index (κ1) is 8.44. The number of nitrogens with zero attached hydrogens (tertiary/aromatic N) is 1. The number of rotatable bonds is 0. The highest BCUT2D eigenvalue weighted by atomic mass is 32.2. The molecule has 5 heteroatoms. The summed E-state index contributed by atoms with van der Waals surface area (Å²) in [5.74, 6) is 1.60. The van der Waals surface area contributed by atoms with E-state index in [0.717, 1.165) is 5.75 Å². The predicted octanol–water partition coefficient (Wildman–Crippen LogP) is 0.550. The normalized spacial score (nSPS) is 35.6. The molecule has 12 heavy (non-hydrogen) atoms. The number of amides is 1. The summed E-state index contributed by atoms with van der Waals surface area (Å²) in [6, 6.07) is -0.135. The highest BCUT2D eigenvalue weighted by Crippen LogP contribution is 2.32. The van der Waals surface area contributed by atoms with Crippen molar-refractivity contribution in [1.29, 1.82) is 0 Å². The fourth-order valence-electron chi connectivity index (χ4n) is 1.39. The van der Waals surface area contributed by atoms with Gasteiger partial charge in [-0.3, -0.25) is 9.59 Å². The second-order valence-electron chi connectivity index (χ2n) is 2.90. The van der Waals surface area contributed by atoms with Crippen LogP contribution in [0, 0.1) is 0 Å². The summed E-state index contributed by atoms with van der Waals surface area (Å²) < 4.78 is 0. The molecule has 2 rings (SSSR count). The maximum absolute atomic E-state index is 11.5. The summed E-state index contributed by atoms with van der Waals surface area (Å²) in [6.45, 7) is 1.80. The molecule has 0 N–H and O–H groups in total. The van der Waals surface area contributed by atoms with Crippen LogP contribution in [0.15, 0.2) is 0 Å². The van der Waals surface area contributed by atoms with Crippen LogP contribution in [0.3, 0.4) is 0 Å². The monoisotopic (exact) mass is 203 g/mol. The van der Waals surface area contributed by atoms with Gasteiger partial charge in [-0.05, 0) is 6.92 Å². The molecule has 0 radical (unpaired) electrons. The van der Waals surface area contributed by atoms with Crippen molar-refractivity contribution in [3.8, 4) is 0 Å². The van der Waals surface area contributed by atoms with E-state index in [1.54, 1.807) is 23.6 Å². The molecular weight excluding hydrogens is 194 g/mol. The van der Waals surface area contributed by atoms with Gasteiger partial charge in [0.2, 0.25) is 11.0 Å². The summed E-state index contributed by atoms with van der Waals surface area (Å²) >= 11 is 2.84. The molecular formula is C7H9NO2S2. The van der Waals surface area contributed by atoms with Crippen molar-refractivity contribution in [2.75, 3.05) is 11.6 Å². The molecule has 0 saturated carbocycles. The van der Waals surface area contributed by atoms with Gasteiger partial charge in [-0.15, -0.1) is 11.8 Å². The first-order valence-electron chi connectivity index (χ1n) is 3.79. The standard InChI is InChI=1S/C7H9NO2S2/c1-4-6(9)8-3-11-2-5(8)7(10)12-4/h4-5H,2-3H2,1H3/t4-,5-/m1/s1. The number of hydrogen-bond acceptors (Lipinski definition) is 4. The Morgan fingerprint density at radius 1 is 1.50 bits per heavy atom. The van der Waals surface area contributed by atoms with E-state index in [1.165, 1.54) is 11.8 Å². The largest absolute Gasteiger partial charge is 0.321 e. The van der Waals surface area contributed by atoms with Crippen molar-refractivity contribution in [3.05, 3.63) is 0 Å². The highest BCUT2D eigenvalue weighted by Gasteiger charge is 2.42. The van der Waals surface area contributed by atoms with E-state index in [2.05, 4.69) is 0 Å². The topological polar surface area (TPSA) is 37.4 Å². The zero-order valence-electron chi connectivity index (χ0n) is 6.65. The molecule has 2 atom stereocenters. The average molecular weight is 203 g/mol. The molecule has 1 amide bonds. The smallest absolute Gasteiger partial charge is 0.237 e. The molecule has 0 aliphatic carbocycles. The van der Waals surface area contributed by atoms with Crippen molar-refractivity contribution in [2.45, 2.75) is 18.2 Å². The van der Waals surface area contributed by atoms with E-state index in [-0.39, 0.29) is 22.3 Å². The fraction of sp³-hybridized carbons (Fsp3) is 0.714. The van der Waals surface area contributed by atoms with E-state index < -0.39 is 0 Å². The fourth-order valence-corrected chi connectivity index (χ4v) is 3.61. The quantitative estimate of drug-likeness (QED) is 0.576. The van der Waals surface area contributed by atoms with Crippen LogP contribution in [0.1, 0.15) is 6.92 Å². The predicted molar refractivity (Wildman–Crippen MR) is 50.0 cm³/mol. The van der Waals surface area contributed by atoms with Crippen molar-refractivity contribution >= 4 is 34.5 Å². The molecule has 2 aliphatic heterocycles. The third-order valence-electron chi connectivity index (χ3n) is 2.08. The summed E-state index contributed by atoms with van der Waals surface area (Å²) in [7, 11) is 0. The molecule has 0 aromatic heterocycles. The number of fused-ring (bicyclic) bond motifs is 1. The summed E-state index contributed by atoms with van der Waals surface area (Å²) in [4.78, 5) is 24.6. The molecule has 0 spiro atoms. The van der Waals surface area contributed by atoms with Gasteiger partial charge in [-0.25, -0.2) is 0 Å². The summed E-state index contributed by atoms with van der Waals surface area (Å²) in [5.41, 5.74) is 0. The SMILES string of the molecule is C[C@H]1SC(=O)[C@H]2CSCN2C1=O. The second kappa shape index (κ2) is 2.96. The van der Waals surface area contributed by atoms with Gasteiger partial charge in [-0.2, -0.15) is 0 Å². The molecule has 2 aliphatic rings. The van der Waals surface area contributed by atoms with E-state index >= 15 is 0 Å². The Morgan fingerprint density at radius 3 is 3.00 bits per heavy atom. The van der Waals surface area contributed by atoms with Crippen LogP contribution in [0.5, 0.6) is 0 Å². The Hall–Kier alpha value is -0.160. The van der Waals surface area contributed by atoms with Gasteiger partial charge in [0.25, 0.3) is 0 Å². The molecule has 0 aromatic carbocycles. The third-order valence-corrected chi connectivity index (χ3v) is 4.15. The van der Waals surface area contributed by atoms with Crippen LogP contribution in [0.2, 0.25) is 0 Å². The Kier molecular flexibility index (Phi) is 2.08. The zero-order valence-corrected chi connectivity index (χ0v) is 8.28. The maximum atomic E-state index is 11.5. The summed E-state index contributed by atoms with van der Waals surface area (Å²) in [5, 5.41) is -0.0143.